The van der Waals surface area contributed by atoms with Gasteiger partial charge >= 0.3 is 0 Å². The average molecular weight is 533 g/mol. The van der Waals surface area contributed by atoms with Crippen molar-refractivity contribution in [3.63, 3.8) is 0 Å². The molecular formula is C24H48N6Si4. The Bertz CT molecular complexity index is 992. The summed E-state index contributed by atoms with van der Waals surface area (Å²) in [5.74, 6) is 0. The van der Waals surface area contributed by atoms with Crippen LogP contribution in [0.15, 0.2) is 22.0 Å². The number of hydrogen-bond acceptors (Lipinski definition) is 4. The number of hydrogen-bond donors (Lipinski definition) is 0. The van der Waals surface area contributed by atoms with Crippen LogP contribution in [0.4, 0.5) is 0 Å². The van der Waals surface area contributed by atoms with Gasteiger partial charge in [0.05, 0.1) is 50.7 Å². The average Bonchev–Trinajstić information content (AvgIpc) is 3.28. The fourth-order valence-corrected chi connectivity index (χ4v) is 25.2. The zero-order valence-electron chi connectivity index (χ0n) is 24.0. The highest BCUT2D eigenvalue weighted by Crippen LogP contribution is 2.28. The lowest BCUT2D eigenvalue weighted by Gasteiger charge is -2.31. The largest absolute Gasteiger partial charge is 0.252 e. The summed E-state index contributed by atoms with van der Waals surface area (Å²) in [5, 5.41) is 17.8. The van der Waals surface area contributed by atoms with Crippen molar-refractivity contribution in [3.8, 4) is 0 Å². The lowest BCUT2D eigenvalue weighted by Crippen LogP contribution is -2.39. The summed E-state index contributed by atoms with van der Waals surface area (Å²) in [7, 11) is -5.54. The van der Waals surface area contributed by atoms with E-state index in [1.54, 1.807) is 9.64 Å². The molecule has 0 aliphatic heterocycles. The summed E-state index contributed by atoms with van der Waals surface area (Å²) < 4.78 is 3.98. The van der Waals surface area contributed by atoms with Crippen LogP contribution in [0, 0.1) is 0 Å². The summed E-state index contributed by atoms with van der Waals surface area (Å²) in [4.78, 5) is 3.30. The van der Waals surface area contributed by atoms with Gasteiger partial charge in [-0.1, -0.05) is 98.6 Å². The molecule has 0 saturated carbocycles. The van der Waals surface area contributed by atoms with E-state index in [1.807, 2.05) is 9.36 Å². The first-order chi connectivity index (χ1) is 15.3. The molecule has 2 aromatic rings. The number of rotatable bonds is 10. The lowest BCUT2D eigenvalue weighted by atomic mass is 10.2. The van der Waals surface area contributed by atoms with E-state index in [1.165, 1.54) is 0 Å². The molecule has 0 fully saturated rings. The van der Waals surface area contributed by atoms with Gasteiger partial charge in [-0.15, -0.1) is 10.2 Å². The molecule has 0 bridgehead atoms. The molecule has 0 spiro atoms. The maximum atomic E-state index is 4.49. The first-order valence-electron chi connectivity index (χ1n) is 12.6. The Labute approximate surface area is 212 Å². The fraction of sp³-hybridized carbons (Fsp3) is 0.667. The highest BCUT2D eigenvalue weighted by Gasteiger charge is 2.32. The quantitative estimate of drug-likeness (QED) is 0.316. The molecule has 0 aliphatic carbocycles. The van der Waals surface area contributed by atoms with Gasteiger partial charge in [0.25, 0.3) is 0 Å². The third kappa shape index (κ3) is 8.10. The van der Waals surface area contributed by atoms with Crippen LogP contribution >= 0.6 is 0 Å². The fourth-order valence-electron chi connectivity index (χ4n) is 4.92. The third-order valence-electron chi connectivity index (χ3n) is 6.13. The minimum atomic E-state index is -1.39. The lowest BCUT2D eigenvalue weighted by molar-refractivity contribution is 0.404. The van der Waals surface area contributed by atoms with Gasteiger partial charge in [-0.2, -0.15) is 0 Å². The summed E-state index contributed by atoms with van der Waals surface area (Å²) in [5.41, 5.74) is 1.98. The Morgan fingerprint density at radius 1 is 0.706 bits per heavy atom. The molecular weight excluding hydrogens is 485 g/mol. The van der Waals surface area contributed by atoms with Gasteiger partial charge in [0.2, 0.25) is 0 Å². The van der Waals surface area contributed by atoms with Gasteiger partial charge < -0.3 is 0 Å². The third-order valence-corrected chi connectivity index (χ3v) is 22.2. The van der Waals surface area contributed by atoms with E-state index in [4.69, 9.17) is 0 Å². The molecule has 1 atom stereocenters. The van der Waals surface area contributed by atoms with Crippen LogP contribution in [0.25, 0.3) is 12.2 Å². The predicted octanol–water partition coefficient (Wildman–Crippen LogP) is 6.80. The van der Waals surface area contributed by atoms with Crippen LogP contribution < -0.4 is 0 Å². The normalized spacial score (nSPS) is 14.1. The highest BCUT2D eigenvalue weighted by atomic mass is 28.4. The summed E-state index contributed by atoms with van der Waals surface area (Å²) in [6.45, 7) is 32.2. The van der Waals surface area contributed by atoms with Crippen LogP contribution in [0.3, 0.4) is 0 Å². The molecule has 190 valence electrons. The molecule has 0 amide bonds. The topological polar surface area (TPSA) is 61.4 Å². The molecule has 2 rings (SSSR count). The molecule has 0 saturated heterocycles. The monoisotopic (exact) mass is 532 g/mol. The van der Waals surface area contributed by atoms with Crippen molar-refractivity contribution in [2.75, 3.05) is 0 Å². The zero-order valence-corrected chi connectivity index (χ0v) is 28.0. The van der Waals surface area contributed by atoms with Crippen molar-refractivity contribution >= 4 is 44.4 Å². The predicted molar refractivity (Wildman–Crippen MR) is 159 cm³/mol. The van der Waals surface area contributed by atoms with E-state index in [9.17, 15) is 0 Å². The van der Waals surface area contributed by atoms with Crippen molar-refractivity contribution in [3.05, 3.63) is 33.4 Å². The second-order valence-corrected chi connectivity index (χ2v) is 34.9. The van der Waals surface area contributed by atoms with Gasteiger partial charge in [-0.05, 0) is 25.5 Å². The Kier molecular flexibility index (Phi) is 8.76. The van der Waals surface area contributed by atoms with E-state index < -0.39 is 32.3 Å². The molecule has 34 heavy (non-hydrogen) atoms. The van der Waals surface area contributed by atoms with E-state index in [0.29, 0.717) is 0 Å². The smallest absolute Gasteiger partial charge is 0.105 e. The zero-order chi connectivity index (χ0) is 26.1. The van der Waals surface area contributed by atoms with Crippen LogP contribution in [-0.4, -0.2) is 62.3 Å². The van der Waals surface area contributed by atoms with Crippen LogP contribution in [-0.2, 0) is 6.54 Å². The van der Waals surface area contributed by atoms with Gasteiger partial charge in [0.15, 0.2) is 0 Å². The van der Waals surface area contributed by atoms with Crippen LogP contribution in [0.2, 0.25) is 78.6 Å². The second-order valence-electron chi connectivity index (χ2n) is 13.8. The van der Waals surface area contributed by atoms with Crippen molar-refractivity contribution < 1.29 is 0 Å². The van der Waals surface area contributed by atoms with E-state index in [2.05, 4.69) is 131 Å². The van der Waals surface area contributed by atoms with Crippen molar-refractivity contribution in [2.24, 2.45) is 0 Å². The summed E-state index contributed by atoms with van der Waals surface area (Å²) in [6, 6.07) is 0.250. The Morgan fingerprint density at radius 2 is 1.12 bits per heavy atom. The van der Waals surface area contributed by atoms with E-state index in [0.717, 1.165) is 24.4 Å². The number of nitrogens with zero attached hydrogens (tertiary/aromatic N) is 6. The standard InChI is InChI=1S/C24H48N6Si4/c1-20(30-19-22(26-28-30)17-24(33(8,9)10)34(11,12)13)14-15-29-18-21(25-27-29)16-23(31(2,3)4)32(5,6)7/h16-20H,14-15H2,1-13H3. The molecule has 2 aromatic heterocycles. The van der Waals surface area contributed by atoms with Gasteiger partial charge in [-0.3, -0.25) is 4.68 Å². The Morgan fingerprint density at radius 3 is 1.56 bits per heavy atom. The molecule has 0 aromatic carbocycles. The molecule has 6 nitrogen and oxygen atoms in total. The van der Waals surface area contributed by atoms with Crippen LogP contribution in [0.1, 0.15) is 30.8 Å². The Balaban J connectivity index is 2.12. The maximum absolute atomic E-state index is 4.49. The first-order valence-corrected chi connectivity index (χ1v) is 26.6. The van der Waals surface area contributed by atoms with Crippen molar-refractivity contribution in [2.45, 2.75) is 104 Å². The highest BCUT2D eigenvalue weighted by molar-refractivity contribution is 7.06. The number of aromatic nitrogens is 6. The van der Waals surface area contributed by atoms with Gasteiger partial charge in [0.1, 0.15) is 11.4 Å². The van der Waals surface area contributed by atoms with E-state index in [-0.39, 0.29) is 6.04 Å². The minimum absolute atomic E-state index is 0.250. The van der Waals surface area contributed by atoms with Gasteiger partial charge in [0, 0.05) is 6.54 Å². The van der Waals surface area contributed by atoms with E-state index >= 15 is 0 Å². The second kappa shape index (κ2) is 10.3. The minimum Gasteiger partial charge on any atom is -0.252 e. The molecule has 0 radical (unpaired) electrons. The Hall–Kier alpha value is -1.37. The molecule has 0 aliphatic rings. The van der Waals surface area contributed by atoms with Gasteiger partial charge in [-0.25, -0.2) is 4.68 Å². The molecule has 0 N–H and O–H groups in total. The summed E-state index contributed by atoms with van der Waals surface area (Å²) in [6.07, 6.45) is 9.80. The number of aryl methyl sites for hydroxylation is 1. The SMILES string of the molecule is CC(CCn1cc(C=C([Si](C)(C)C)[Si](C)(C)C)nn1)n1cc(C=C([Si](C)(C)C)[Si](C)(C)C)nn1. The molecule has 10 heteroatoms. The maximum Gasteiger partial charge on any atom is 0.105 e. The summed E-state index contributed by atoms with van der Waals surface area (Å²) >= 11 is 0. The first kappa shape index (κ1) is 28.9. The molecule has 2 heterocycles. The van der Waals surface area contributed by atoms with Crippen LogP contribution in [0.5, 0.6) is 0 Å². The van der Waals surface area contributed by atoms with Crippen molar-refractivity contribution in [1.82, 2.24) is 30.0 Å². The molecule has 1 unspecified atom stereocenters. The van der Waals surface area contributed by atoms with Crippen molar-refractivity contribution in [1.29, 1.82) is 0 Å².